The van der Waals surface area contributed by atoms with Gasteiger partial charge in [0.05, 0.1) is 6.54 Å². The summed E-state index contributed by atoms with van der Waals surface area (Å²) in [6.45, 7) is 5.54. The van der Waals surface area contributed by atoms with Crippen molar-refractivity contribution < 1.29 is 0 Å². The van der Waals surface area contributed by atoms with E-state index in [-0.39, 0.29) is 0 Å². The Morgan fingerprint density at radius 3 is 2.56 bits per heavy atom. The van der Waals surface area contributed by atoms with Gasteiger partial charge >= 0.3 is 0 Å². The maximum absolute atomic E-state index is 4.87. The fourth-order valence-electron chi connectivity index (χ4n) is 2.95. The summed E-state index contributed by atoms with van der Waals surface area (Å²) < 4.78 is 0.348. The van der Waals surface area contributed by atoms with E-state index in [1.807, 2.05) is 23.5 Å². The van der Waals surface area contributed by atoms with Gasteiger partial charge in [0, 0.05) is 16.0 Å². The zero-order chi connectivity index (χ0) is 13.1. The molecular formula is C14H26N2S2. The zero-order valence-electron chi connectivity index (χ0n) is 11.9. The van der Waals surface area contributed by atoms with Gasteiger partial charge in [0.15, 0.2) is 5.17 Å². The Balaban J connectivity index is 1.94. The molecule has 2 aliphatic rings. The predicted octanol–water partition coefficient (Wildman–Crippen LogP) is 3.91. The van der Waals surface area contributed by atoms with Crippen molar-refractivity contribution in [2.24, 2.45) is 4.99 Å². The lowest BCUT2D eigenvalue weighted by Crippen LogP contribution is -2.41. The third kappa shape index (κ3) is 3.01. The van der Waals surface area contributed by atoms with E-state index >= 15 is 0 Å². The SMILES string of the molecule is CCC(CC)(CN=C1NC2(CCCC2)CS1)SC. The molecule has 0 unspecified atom stereocenters. The maximum atomic E-state index is 4.87. The molecule has 2 fully saturated rings. The Bertz CT molecular complexity index is 297. The van der Waals surface area contributed by atoms with E-state index in [1.165, 1.54) is 49.4 Å². The number of thioether (sulfide) groups is 2. The van der Waals surface area contributed by atoms with Crippen LogP contribution in [0.5, 0.6) is 0 Å². The van der Waals surface area contributed by atoms with Crippen LogP contribution in [0, 0.1) is 0 Å². The fraction of sp³-hybridized carbons (Fsp3) is 0.929. The van der Waals surface area contributed by atoms with Gasteiger partial charge in [0.2, 0.25) is 0 Å². The summed E-state index contributed by atoms with van der Waals surface area (Å²) in [5.74, 6) is 1.23. The average molecular weight is 287 g/mol. The van der Waals surface area contributed by atoms with Crippen molar-refractivity contribution in [3.05, 3.63) is 0 Å². The molecule has 1 aliphatic heterocycles. The molecule has 104 valence electrons. The van der Waals surface area contributed by atoms with Gasteiger partial charge < -0.3 is 5.32 Å². The summed E-state index contributed by atoms with van der Waals surface area (Å²) >= 11 is 3.92. The van der Waals surface area contributed by atoms with Gasteiger partial charge in [-0.05, 0) is 31.9 Å². The van der Waals surface area contributed by atoms with Crippen LogP contribution in [0.15, 0.2) is 4.99 Å². The molecule has 0 bridgehead atoms. The molecule has 1 aliphatic carbocycles. The predicted molar refractivity (Wildman–Crippen MR) is 85.9 cm³/mol. The minimum atomic E-state index is 0.348. The molecule has 1 N–H and O–H groups in total. The third-order valence-corrected chi connectivity index (χ3v) is 7.42. The molecule has 18 heavy (non-hydrogen) atoms. The maximum Gasteiger partial charge on any atom is 0.157 e. The van der Waals surface area contributed by atoms with Crippen molar-refractivity contribution in [1.29, 1.82) is 0 Å². The third-order valence-electron chi connectivity index (χ3n) is 4.65. The highest BCUT2D eigenvalue weighted by molar-refractivity contribution is 8.14. The Kier molecular flexibility index (Phi) is 4.92. The van der Waals surface area contributed by atoms with Gasteiger partial charge in [0.25, 0.3) is 0 Å². The summed E-state index contributed by atoms with van der Waals surface area (Å²) in [4.78, 5) is 4.87. The van der Waals surface area contributed by atoms with Crippen molar-refractivity contribution in [1.82, 2.24) is 5.32 Å². The molecule has 0 radical (unpaired) electrons. The van der Waals surface area contributed by atoms with Crippen LogP contribution in [0.25, 0.3) is 0 Å². The number of aliphatic imine (C=N–C) groups is 1. The fourth-order valence-corrected chi connectivity index (χ4v) is 4.94. The first kappa shape index (κ1) is 14.6. The molecule has 2 rings (SSSR count). The summed E-state index contributed by atoms with van der Waals surface area (Å²) in [6.07, 6.45) is 10.1. The number of hydrogen-bond acceptors (Lipinski definition) is 3. The monoisotopic (exact) mass is 286 g/mol. The van der Waals surface area contributed by atoms with E-state index in [0.29, 0.717) is 10.3 Å². The first-order chi connectivity index (χ1) is 8.67. The highest BCUT2D eigenvalue weighted by Gasteiger charge is 2.39. The lowest BCUT2D eigenvalue weighted by Gasteiger charge is -2.28. The summed E-state index contributed by atoms with van der Waals surface area (Å²) in [6, 6.07) is 0. The molecule has 4 heteroatoms. The number of nitrogens with one attached hydrogen (secondary N) is 1. The number of nitrogens with zero attached hydrogens (tertiary/aromatic N) is 1. The van der Waals surface area contributed by atoms with Crippen LogP contribution in [0.3, 0.4) is 0 Å². The van der Waals surface area contributed by atoms with Crippen molar-refractivity contribution in [2.45, 2.75) is 62.7 Å². The first-order valence-electron chi connectivity index (χ1n) is 7.18. The molecule has 0 aromatic carbocycles. The van der Waals surface area contributed by atoms with Crippen LogP contribution in [0.1, 0.15) is 52.4 Å². The average Bonchev–Trinajstić information content (AvgIpc) is 3.03. The molecule has 1 heterocycles. The largest absolute Gasteiger partial charge is 0.359 e. The molecule has 0 atom stereocenters. The lowest BCUT2D eigenvalue weighted by atomic mass is 10.0. The minimum Gasteiger partial charge on any atom is -0.359 e. The second-order valence-corrected chi connectivity index (χ2v) is 7.86. The van der Waals surface area contributed by atoms with Crippen LogP contribution in [0.2, 0.25) is 0 Å². The molecule has 2 nitrogen and oxygen atoms in total. The van der Waals surface area contributed by atoms with Gasteiger partial charge in [-0.1, -0.05) is 38.5 Å². The van der Waals surface area contributed by atoms with Crippen molar-refractivity contribution in [3.8, 4) is 0 Å². The van der Waals surface area contributed by atoms with Gasteiger partial charge in [-0.15, -0.1) is 0 Å². The Hall–Kier alpha value is 0.170. The molecule has 0 amide bonds. The van der Waals surface area contributed by atoms with E-state index in [1.54, 1.807) is 0 Å². The molecule has 0 aromatic heterocycles. The highest BCUT2D eigenvalue weighted by atomic mass is 32.2. The minimum absolute atomic E-state index is 0.348. The lowest BCUT2D eigenvalue weighted by molar-refractivity contribution is 0.451. The van der Waals surface area contributed by atoms with Crippen LogP contribution >= 0.6 is 23.5 Å². The smallest absolute Gasteiger partial charge is 0.157 e. The van der Waals surface area contributed by atoms with Gasteiger partial charge in [-0.3, -0.25) is 4.99 Å². The second kappa shape index (κ2) is 6.08. The number of amidine groups is 1. The zero-order valence-corrected chi connectivity index (χ0v) is 13.6. The van der Waals surface area contributed by atoms with Gasteiger partial charge in [-0.25, -0.2) is 0 Å². The van der Waals surface area contributed by atoms with E-state index in [2.05, 4.69) is 25.4 Å². The topological polar surface area (TPSA) is 24.4 Å². The van der Waals surface area contributed by atoms with E-state index in [9.17, 15) is 0 Å². The van der Waals surface area contributed by atoms with Gasteiger partial charge in [0.1, 0.15) is 0 Å². The van der Waals surface area contributed by atoms with E-state index in [4.69, 9.17) is 4.99 Å². The molecule has 1 saturated heterocycles. The Labute approximate surface area is 120 Å². The standard InChI is InChI=1S/C14H26N2S2/c1-4-14(5-2,17-3)10-15-12-16-13(11-18-12)8-6-7-9-13/h4-11H2,1-3H3,(H,15,16). The van der Waals surface area contributed by atoms with E-state index in [0.717, 1.165) is 6.54 Å². The summed E-state index contributed by atoms with van der Waals surface area (Å²) in [7, 11) is 0. The molecule has 1 saturated carbocycles. The Morgan fingerprint density at radius 1 is 1.33 bits per heavy atom. The molecule has 0 aromatic rings. The van der Waals surface area contributed by atoms with Crippen LogP contribution in [-0.2, 0) is 0 Å². The van der Waals surface area contributed by atoms with Crippen molar-refractivity contribution in [2.75, 3.05) is 18.6 Å². The van der Waals surface area contributed by atoms with Crippen LogP contribution in [0.4, 0.5) is 0 Å². The molecule has 1 spiro atoms. The van der Waals surface area contributed by atoms with Gasteiger partial charge in [-0.2, -0.15) is 11.8 Å². The second-order valence-electron chi connectivity index (χ2n) is 5.62. The van der Waals surface area contributed by atoms with Crippen LogP contribution < -0.4 is 5.32 Å². The normalized spacial score (nSPS) is 24.9. The van der Waals surface area contributed by atoms with Crippen molar-refractivity contribution in [3.63, 3.8) is 0 Å². The highest BCUT2D eigenvalue weighted by Crippen LogP contribution is 2.38. The Morgan fingerprint density at radius 2 is 2.00 bits per heavy atom. The van der Waals surface area contributed by atoms with Crippen molar-refractivity contribution >= 4 is 28.7 Å². The number of hydrogen-bond donors (Lipinski definition) is 1. The number of rotatable bonds is 5. The quantitative estimate of drug-likeness (QED) is 0.829. The molecular weight excluding hydrogens is 260 g/mol. The van der Waals surface area contributed by atoms with E-state index < -0.39 is 0 Å². The first-order valence-corrected chi connectivity index (χ1v) is 9.39. The van der Waals surface area contributed by atoms with Crippen LogP contribution in [-0.4, -0.2) is 34.0 Å². The summed E-state index contributed by atoms with van der Waals surface area (Å²) in [5, 5.41) is 4.92. The summed E-state index contributed by atoms with van der Waals surface area (Å²) in [5.41, 5.74) is 0.407.